The van der Waals surface area contributed by atoms with Crippen LogP contribution in [0.4, 0.5) is 0 Å². The summed E-state index contributed by atoms with van der Waals surface area (Å²) in [6.45, 7) is 7.20. The average Bonchev–Trinajstić information content (AvgIpc) is 2.65. The van der Waals surface area contributed by atoms with Gasteiger partial charge in [0.15, 0.2) is 0 Å². The number of fused-ring (bicyclic) bond motifs is 1. The zero-order valence-corrected chi connectivity index (χ0v) is 13.0. The summed E-state index contributed by atoms with van der Waals surface area (Å²) in [7, 11) is 0. The molecule has 1 aliphatic rings. The molecule has 0 heterocycles. The Morgan fingerprint density at radius 1 is 1.25 bits per heavy atom. The number of nitrogens with one attached hydrogen (secondary N) is 1. The summed E-state index contributed by atoms with van der Waals surface area (Å²) in [5, 5.41) is 3.73. The minimum absolute atomic E-state index is 0.541. The van der Waals surface area contributed by atoms with E-state index < -0.39 is 0 Å². The van der Waals surface area contributed by atoms with Gasteiger partial charge in [-0.25, -0.2) is 0 Å². The molecule has 0 spiro atoms. The van der Waals surface area contributed by atoms with Gasteiger partial charge in [-0.1, -0.05) is 44.5 Å². The molecule has 0 aliphatic heterocycles. The molecule has 1 atom stereocenters. The van der Waals surface area contributed by atoms with Crippen LogP contribution < -0.4 is 5.32 Å². The van der Waals surface area contributed by atoms with Crippen molar-refractivity contribution >= 4 is 0 Å². The lowest BCUT2D eigenvalue weighted by molar-refractivity contribution is 0.107. The SMILES string of the molecule is CC(C)COCCCNC1CCCCc2ccccc21. The van der Waals surface area contributed by atoms with Crippen LogP contribution in [-0.4, -0.2) is 19.8 Å². The highest BCUT2D eigenvalue weighted by Crippen LogP contribution is 2.28. The predicted octanol–water partition coefficient (Wildman–Crippen LogP) is 4.11. The van der Waals surface area contributed by atoms with E-state index in [0.717, 1.165) is 26.2 Å². The molecular formula is C18H29NO. The number of aryl methyl sites for hydroxylation is 1. The minimum atomic E-state index is 0.541. The summed E-state index contributed by atoms with van der Waals surface area (Å²) in [5.41, 5.74) is 3.06. The van der Waals surface area contributed by atoms with E-state index in [1.165, 1.54) is 31.2 Å². The van der Waals surface area contributed by atoms with Crippen LogP contribution in [0.5, 0.6) is 0 Å². The van der Waals surface area contributed by atoms with Gasteiger partial charge in [0.2, 0.25) is 0 Å². The Hall–Kier alpha value is -0.860. The Balaban J connectivity index is 1.75. The molecule has 0 fully saturated rings. The van der Waals surface area contributed by atoms with E-state index in [9.17, 15) is 0 Å². The molecule has 1 aliphatic carbocycles. The van der Waals surface area contributed by atoms with Crippen molar-refractivity contribution in [3.8, 4) is 0 Å². The van der Waals surface area contributed by atoms with Crippen LogP contribution in [0.15, 0.2) is 24.3 Å². The number of hydrogen-bond donors (Lipinski definition) is 1. The first-order chi connectivity index (χ1) is 9.77. The van der Waals surface area contributed by atoms with Crippen LogP contribution in [0.3, 0.4) is 0 Å². The van der Waals surface area contributed by atoms with Crippen LogP contribution in [0.1, 0.15) is 56.7 Å². The molecule has 2 rings (SSSR count). The largest absolute Gasteiger partial charge is 0.381 e. The van der Waals surface area contributed by atoms with Crippen molar-refractivity contribution < 1.29 is 4.74 Å². The molecular weight excluding hydrogens is 246 g/mol. The van der Waals surface area contributed by atoms with Gasteiger partial charge >= 0.3 is 0 Å². The molecule has 2 nitrogen and oxygen atoms in total. The first kappa shape index (κ1) is 15.5. The fourth-order valence-electron chi connectivity index (χ4n) is 2.90. The summed E-state index contributed by atoms with van der Waals surface area (Å²) in [6, 6.07) is 9.47. The van der Waals surface area contributed by atoms with E-state index in [1.54, 1.807) is 5.56 Å². The second-order valence-electron chi connectivity index (χ2n) is 6.27. The molecule has 1 aromatic carbocycles. The molecule has 0 bridgehead atoms. The number of hydrogen-bond acceptors (Lipinski definition) is 2. The number of rotatable bonds is 7. The molecule has 112 valence electrons. The van der Waals surface area contributed by atoms with Gasteiger partial charge in [0, 0.05) is 19.3 Å². The molecule has 1 unspecified atom stereocenters. The maximum Gasteiger partial charge on any atom is 0.0489 e. The highest BCUT2D eigenvalue weighted by molar-refractivity contribution is 5.31. The molecule has 0 saturated carbocycles. The van der Waals surface area contributed by atoms with E-state index in [1.807, 2.05) is 0 Å². The van der Waals surface area contributed by atoms with Crippen molar-refractivity contribution in [2.75, 3.05) is 19.8 Å². The summed E-state index contributed by atoms with van der Waals surface area (Å²) < 4.78 is 5.64. The van der Waals surface area contributed by atoms with Crippen molar-refractivity contribution in [2.24, 2.45) is 5.92 Å². The molecule has 0 aromatic heterocycles. The van der Waals surface area contributed by atoms with Crippen LogP contribution in [-0.2, 0) is 11.2 Å². The van der Waals surface area contributed by atoms with E-state index in [4.69, 9.17) is 4.74 Å². The van der Waals surface area contributed by atoms with Gasteiger partial charge in [0.05, 0.1) is 0 Å². The third kappa shape index (κ3) is 4.92. The standard InChI is InChI=1S/C18H29NO/c1-15(2)14-20-13-7-12-19-18-11-6-4-9-16-8-3-5-10-17(16)18/h3,5,8,10,15,18-19H,4,6-7,9,11-14H2,1-2H3. The fraction of sp³-hybridized carbons (Fsp3) is 0.667. The lowest BCUT2D eigenvalue weighted by Gasteiger charge is -2.19. The maximum absolute atomic E-state index is 5.64. The molecule has 20 heavy (non-hydrogen) atoms. The average molecular weight is 275 g/mol. The maximum atomic E-state index is 5.64. The lowest BCUT2D eigenvalue weighted by atomic mass is 9.99. The molecule has 1 aromatic rings. The molecule has 0 amide bonds. The van der Waals surface area contributed by atoms with Gasteiger partial charge in [-0.3, -0.25) is 0 Å². The van der Waals surface area contributed by atoms with Crippen LogP contribution in [0.25, 0.3) is 0 Å². The summed E-state index contributed by atoms with van der Waals surface area (Å²) in [4.78, 5) is 0. The van der Waals surface area contributed by atoms with Gasteiger partial charge in [-0.15, -0.1) is 0 Å². The topological polar surface area (TPSA) is 21.3 Å². The fourth-order valence-corrected chi connectivity index (χ4v) is 2.90. The van der Waals surface area contributed by atoms with Crippen molar-refractivity contribution in [1.82, 2.24) is 5.32 Å². The van der Waals surface area contributed by atoms with Crippen molar-refractivity contribution in [3.63, 3.8) is 0 Å². The van der Waals surface area contributed by atoms with Crippen molar-refractivity contribution in [1.29, 1.82) is 0 Å². The summed E-state index contributed by atoms with van der Waals surface area (Å²) >= 11 is 0. The summed E-state index contributed by atoms with van der Waals surface area (Å²) in [5.74, 6) is 0.636. The first-order valence-electron chi connectivity index (χ1n) is 8.16. The molecule has 2 heteroatoms. The first-order valence-corrected chi connectivity index (χ1v) is 8.16. The molecule has 1 N–H and O–H groups in total. The third-order valence-corrected chi connectivity index (χ3v) is 3.93. The quantitative estimate of drug-likeness (QED) is 0.597. The van der Waals surface area contributed by atoms with Gasteiger partial charge in [-0.2, -0.15) is 0 Å². The Kier molecular flexibility index (Phi) is 6.55. The Bertz CT molecular complexity index is 389. The van der Waals surface area contributed by atoms with Crippen LogP contribution >= 0.6 is 0 Å². The Labute approximate surface area is 123 Å². The van der Waals surface area contributed by atoms with Gasteiger partial charge in [0.25, 0.3) is 0 Å². The predicted molar refractivity (Wildman–Crippen MR) is 85.0 cm³/mol. The number of benzene rings is 1. The zero-order valence-electron chi connectivity index (χ0n) is 13.0. The third-order valence-electron chi connectivity index (χ3n) is 3.93. The van der Waals surface area contributed by atoms with Gasteiger partial charge in [-0.05, 0) is 49.3 Å². The highest BCUT2D eigenvalue weighted by atomic mass is 16.5. The zero-order chi connectivity index (χ0) is 14.2. The Morgan fingerprint density at radius 2 is 2.10 bits per heavy atom. The van der Waals surface area contributed by atoms with Crippen LogP contribution in [0.2, 0.25) is 0 Å². The molecule has 0 radical (unpaired) electrons. The van der Waals surface area contributed by atoms with Crippen molar-refractivity contribution in [3.05, 3.63) is 35.4 Å². The second kappa shape index (κ2) is 8.43. The van der Waals surface area contributed by atoms with E-state index in [0.29, 0.717) is 12.0 Å². The van der Waals surface area contributed by atoms with Gasteiger partial charge < -0.3 is 10.1 Å². The number of ether oxygens (including phenoxy) is 1. The summed E-state index contributed by atoms with van der Waals surface area (Å²) in [6.07, 6.45) is 6.27. The van der Waals surface area contributed by atoms with Gasteiger partial charge in [0.1, 0.15) is 0 Å². The van der Waals surface area contributed by atoms with Crippen molar-refractivity contribution in [2.45, 2.75) is 52.0 Å². The smallest absolute Gasteiger partial charge is 0.0489 e. The Morgan fingerprint density at radius 3 is 2.95 bits per heavy atom. The monoisotopic (exact) mass is 275 g/mol. The second-order valence-corrected chi connectivity index (χ2v) is 6.27. The van der Waals surface area contributed by atoms with E-state index in [-0.39, 0.29) is 0 Å². The normalized spacial score (nSPS) is 18.9. The lowest BCUT2D eigenvalue weighted by Crippen LogP contribution is -2.23. The van der Waals surface area contributed by atoms with E-state index in [2.05, 4.69) is 43.4 Å². The van der Waals surface area contributed by atoms with Crippen LogP contribution in [0, 0.1) is 5.92 Å². The van der Waals surface area contributed by atoms with E-state index >= 15 is 0 Å². The molecule has 0 saturated heterocycles. The highest BCUT2D eigenvalue weighted by Gasteiger charge is 2.17. The minimum Gasteiger partial charge on any atom is -0.381 e.